The van der Waals surface area contributed by atoms with Gasteiger partial charge in [0.1, 0.15) is 17.3 Å². The Morgan fingerprint density at radius 3 is 2.35 bits per heavy atom. The van der Waals surface area contributed by atoms with Crippen molar-refractivity contribution in [1.82, 2.24) is 24.4 Å². The number of ether oxygens (including phenoxy) is 2. The topological polar surface area (TPSA) is 120 Å². The number of hydrogen-bond acceptors (Lipinski definition) is 9. The molecule has 10 heteroatoms. The Kier molecular flexibility index (Phi) is 6.60. The smallest absolute Gasteiger partial charge is 0.262 e. The summed E-state index contributed by atoms with van der Waals surface area (Å²) in [5.74, 6) is 1.80. The molecule has 0 aliphatic rings. The maximum atomic E-state index is 13.5. The van der Waals surface area contributed by atoms with Crippen molar-refractivity contribution in [1.29, 1.82) is 0 Å². The lowest BCUT2D eigenvalue weighted by molar-refractivity contribution is 0.381. The van der Waals surface area contributed by atoms with Crippen LogP contribution >= 0.6 is 0 Å². The normalized spacial score (nSPS) is 11.1. The molecule has 0 saturated heterocycles. The molecule has 0 unspecified atom stereocenters. The fraction of sp³-hybridized carbons (Fsp3) is 0.250. The fourth-order valence-corrected chi connectivity index (χ4v) is 3.51. The van der Waals surface area contributed by atoms with Gasteiger partial charge in [-0.15, -0.1) is 0 Å². The molecule has 176 valence electrons. The molecule has 3 heterocycles. The van der Waals surface area contributed by atoms with Crippen LogP contribution in [0.2, 0.25) is 0 Å². The van der Waals surface area contributed by atoms with E-state index in [2.05, 4.69) is 15.3 Å². The van der Waals surface area contributed by atoms with Crippen LogP contribution in [0, 0.1) is 0 Å². The Bertz CT molecular complexity index is 1350. The second kappa shape index (κ2) is 9.75. The van der Waals surface area contributed by atoms with E-state index in [0.717, 1.165) is 11.9 Å². The molecule has 0 atom stereocenters. The van der Waals surface area contributed by atoms with Gasteiger partial charge in [0.2, 0.25) is 5.95 Å². The number of aromatic nitrogens is 4. The average molecular weight is 462 g/mol. The zero-order chi connectivity index (χ0) is 24.2. The van der Waals surface area contributed by atoms with Crippen LogP contribution < -0.4 is 26.1 Å². The molecular formula is C24H27N7O3. The Balaban J connectivity index is 1.89. The van der Waals surface area contributed by atoms with Gasteiger partial charge in [-0.2, -0.15) is 0 Å². The van der Waals surface area contributed by atoms with Crippen molar-refractivity contribution < 1.29 is 9.47 Å². The monoisotopic (exact) mass is 461 g/mol. The summed E-state index contributed by atoms with van der Waals surface area (Å²) < 4.78 is 12.5. The summed E-state index contributed by atoms with van der Waals surface area (Å²) in [6.45, 7) is 1.29. The van der Waals surface area contributed by atoms with Crippen molar-refractivity contribution in [3.8, 4) is 22.8 Å². The molecule has 0 aliphatic heterocycles. The highest BCUT2D eigenvalue weighted by Crippen LogP contribution is 2.31. The van der Waals surface area contributed by atoms with E-state index < -0.39 is 0 Å². The van der Waals surface area contributed by atoms with Crippen molar-refractivity contribution >= 4 is 28.2 Å². The molecule has 1 aromatic carbocycles. The van der Waals surface area contributed by atoms with E-state index in [-0.39, 0.29) is 11.5 Å². The van der Waals surface area contributed by atoms with E-state index in [1.165, 1.54) is 0 Å². The lowest BCUT2D eigenvalue weighted by atomic mass is 10.1. The van der Waals surface area contributed by atoms with Crippen LogP contribution in [0.15, 0.2) is 53.7 Å². The summed E-state index contributed by atoms with van der Waals surface area (Å²) >= 11 is 0. The molecule has 10 nitrogen and oxygen atoms in total. The van der Waals surface area contributed by atoms with Crippen LogP contribution in [0.4, 0.5) is 17.5 Å². The van der Waals surface area contributed by atoms with Crippen molar-refractivity contribution in [2.45, 2.75) is 6.54 Å². The molecule has 0 radical (unpaired) electrons. The molecule has 3 aromatic heterocycles. The van der Waals surface area contributed by atoms with Crippen molar-refractivity contribution in [2.75, 3.05) is 45.9 Å². The van der Waals surface area contributed by atoms with Gasteiger partial charge in [-0.25, -0.2) is 15.0 Å². The van der Waals surface area contributed by atoms with Gasteiger partial charge in [0.15, 0.2) is 0 Å². The number of benzene rings is 1. The highest BCUT2D eigenvalue weighted by molar-refractivity contribution is 5.95. The van der Waals surface area contributed by atoms with Gasteiger partial charge in [-0.1, -0.05) is 0 Å². The maximum Gasteiger partial charge on any atom is 0.262 e. The van der Waals surface area contributed by atoms with Crippen LogP contribution in [0.3, 0.4) is 0 Å². The molecule has 4 aromatic rings. The molecule has 0 spiro atoms. The van der Waals surface area contributed by atoms with Crippen LogP contribution in [-0.4, -0.2) is 59.3 Å². The second-order valence-corrected chi connectivity index (χ2v) is 7.99. The van der Waals surface area contributed by atoms with Gasteiger partial charge in [0.25, 0.3) is 5.56 Å². The van der Waals surface area contributed by atoms with Gasteiger partial charge in [0.05, 0.1) is 25.3 Å². The Labute approximate surface area is 197 Å². The summed E-state index contributed by atoms with van der Waals surface area (Å²) in [6, 6.07) is 9.14. The second-order valence-electron chi connectivity index (χ2n) is 7.99. The third kappa shape index (κ3) is 4.91. The molecule has 0 bridgehead atoms. The minimum Gasteiger partial charge on any atom is -0.497 e. The average Bonchev–Trinajstić information content (AvgIpc) is 2.83. The third-order valence-corrected chi connectivity index (χ3v) is 5.33. The van der Waals surface area contributed by atoms with Crippen LogP contribution in [0.1, 0.15) is 0 Å². The van der Waals surface area contributed by atoms with Gasteiger partial charge >= 0.3 is 0 Å². The first-order valence-electron chi connectivity index (χ1n) is 10.6. The van der Waals surface area contributed by atoms with Crippen LogP contribution in [0.25, 0.3) is 22.0 Å². The predicted octanol–water partition coefficient (Wildman–Crippen LogP) is 2.76. The van der Waals surface area contributed by atoms with E-state index >= 15 is 0 Å². The van der Waals surface area contributed by atoms with Crippen molar-refractivity contribution in [3.63, 3.8) is 0 Å². The summed E-state index contributed by atoms with van der Waals surface area (Å²) in [6.07, 6.45) is 5.01. The Morgan fingerprint density at radius 1 is 1.06 bits per heavy atom. The largest absolute Gasteiger partial charge is 0.497 e. The fourth-order valence-electron chi connectivity index (χ4n) is 3.51. The third-order valence-electron chi connectivity index (χ3n) is 5.33. The number of fused-ring (bicyclic) bond motifs is 1. The molecule has 0 saturated carbocycles. The molecule has 4 rings (SSSR count). The SMILES string of the molecule is COc1cc(Nc2nc(-c3cnc(N)nc3)cc3ccn(CCN(C)C)c(=O)c23)cc(OC)c1. The molecule has 3 N–H and O–H groups in total. The van der Waals surface area contributed by atoms with Gasteiger partial charge in [0, 0.05) is 61.1 Å². The standard InChI is InChI=1S/C24H27N7O3/c1-30(2)7-8-31-6-5-15-9-20(16-13-26-24(25)27-14-16)29-22(21(15)23(31)32)28-17-10-18(33-3)12-19(11-17)34-4/h5-6,9-14H,7-8H2,1-4H3,(H,28,29)(H2,25,26,27). The zero-order valence-corrected chi connectivity index (χ0v) is 19.6. The van der Waals surface area contributed by atoms with Gasteiger partial charge in [-0.05, 0) is 31.6 Å². The Hall–Kier alpha value is -4.18. The molecule has 0 amide bonds. The number of nitrogens with two attached hydrogens (primary N) is 1. The first-order valence-corrected chi connectivity index (χ1v) is 10.6. The quantitative estimate of drug-likeness (QED) is 0.408. The highest BCUT2D eigenvalue weighted by Gasteiger charge is 2.15. The number of nitrogen functional groups attached to an aromatic ring is 1. The number of nitrogens with one attached hydrogen (secondary N) is 1. The first kappa shape index (κ1) is 23.0. The number of anilines is 3. The predicted molar refractivity (Wildman–Crippen MR) is 133 cm³/mol. The van der Waals surface area contributed by atoms with Crippen molar-refractivity contribution in [3.05, 3.63) is 59.3 Å². The zero-order valence-electron chi connectivity index (χ0n) is 19.6. The number of likely N-dealkylation sites (N-methyl/N-ethyl adjacent to an activating group) is 1. The molecule has 0 fully saturated rings. The van der Waals surface area contributed by atoms with Crippen molar-refractivity contribution in [2.24, 2.45) is 0 Å². The molecular weight excluding hydrogens is 434 g/mol. The van der Waals surface area contributed by atoms with Crippen LogP contribution in [0.5, 0.6) is 11.5 Å². The summed E-state index contributed by atoms with van der Waals surface area (Å²) in [5, 5.41) is 4.51. The van der Waals surface area contributed by atoms with E-state index in [9.17, 15) is 4.79 Å². The van der Waals surface area contributed by atoms with Gasteiger partial charge < -0.3 is 30.0 Å². The van der Waals surface area contributed by atoms with E-state index in [4.69, 9.17) is 20.2 Å². The Morgan fingerprint density at radius 2 is 1.74 bits per heavy atom. The lowest BCUT2D eigenvalue weighted by Crippen LogP contribution is -2.26. The van der Waals surface area contributed by atoms with Crippen LogP contribution in [-0.2, 0) is 6.54 Å². The number of hydrogen-bond donors (Lipinski definition) is 2. The highest BCUT2D eigenvalue weighted by atomic mass is 16.5. The molecule has 0 aliphatic carbocycles. The number of pyridine rings is 2. The number of methoxy groups -OCH3 is 2. The number of nitrogens with zero attached hydrogens (tertiary/aromatic N) is 5. The summed E-state index contributed by atoms with van der Waals surface area (Å²) in [5.41, 5.74) is 7.46. The molecule has 34 heavy (non-hydrogen) atoms. The minimum absolute atomic E-state index is 0.135. The minimum atomic E-state index is -0.135. The summed E-state index contributed by atoms with van der Waals surface area (Å²) in [7, 11) is 7.10. The number of rotatable bonds is 8. The first-order chi connectivity index (χ1) is 16.4. The summed E-state index contributed by atoms with van der Waals surface area (Å²) in [4.78, 5) is 28.4. The van der Waals surface area contributed by atoms with Gasteiger partial charge in [-0.3, -0.25) is 4.79 Å². The van der Waals surface area contributed by atoms with E-state index in [1.54, 1.807) is 43.4 Å². The maximum absolute atomic E-state index is 13.5. The van der Waals surface area contributed by atoms with E-state index in [1.807, 2.05) is 43.3 Å². The lowest BCUT2D eigenvalue weighted by Gasteiger charge is -2.15. The van der Waals surface area contributed by atoms with E-state index in [0.29, 0.717) is 46.2 Å².